The van der Waals surface area contributed by atoms with Crippen molar-refractivity contribution in [3.63, 3.8) is 0 Å². The minimum atomic E-state index is -0.912. The zero-order chi connectivity index (χ0) is 23.8. The van der Waals surface area contributed by atoms with E-state index in [9.17, 15) is 8.78 Å². The van der Waals surface area contributed by atoms with Crippen LogP contribution >= 0.6 is 0 Å². The number of benzene rings is 2. The third kappa shape index (κ3) is 4.08. The van der Waals surface area contributed by atoms with Gasteiger partial charge in [0, 0.05) is 31.5 Å². The van der Waals surface area contributed by atoms with E-state index < -0.39 is 22.7 Å². The van der Waals surface area contributed by atoms with Gasteiger partial charge in [0.2, 0.25) is 0 Å². The van der Waals surface area contributed by atoms with E-state index in [0.717, 1.165) is 23.1 Å². The molecule has 4 rings (SSSR count). The van der Waals surface area contributed by atoms with Crippen molar-refractivity contribution < 1.29 is 8.78 Å². The fourth-order valence-corrected chi connectivity index (χ4v) is 3.59. The first-order chi connectivity index (χ1) is 15.7. The van der Waals surface area contributed by atoms with Crippen molar-refractivity contribution in [2.45, 2.75) is 19.3 Å². The van der Waals surface area contributed by atoms with Gasteiger partial charge in [-0.1, -0.05) is 18.2 Å². The summed E-state index contributed by atoms with van der Waals surface area (Å²) in [6.45, 7) is 11.1. The molecule has 0 spiro atoms. The van der Waals surface area contributed by atoms with Crippen LogP contribution in [0.4, 0.5) is 20.2 Å². The Morgan fingerprint density at radius 3 is 2.36 bits per heavy atom. The van der Waals surface area contributed by atoms with Gasteiger partial charge in [-0.25, -0.2) is 18.3 Å². The molecule has 166 valence electrons. The van der Waals surface area contributed by atoms with Gasteiger partial charge in [0.1, 0.15) is 11.6 Å². The summed E-state index contributed by atoms with van der Waals surface area (Å²) >= 11 is 0. The van der Waals surface area contributed by atoms with Crippen LogP contribution in [0, 0.1) is 18.2 Å². The maximum atomic E-state index is 15.0. The van der Waals surface area contributed by atoms with E-state index in [2.05, 4.69) is 4.85 Å². The quantitative estimate of drug-likeness (QED) is 0.347. The Hall–Kier alpha value is -4.05. The highest BCUT2D eigenvalue weighted by atomic mass is 19.1. The van der Waals surface area contributed by atoms with Gasteiger partial charge in [0.15, 0.2) is 0 Å². The van der Waals surface area contributed by atoms with Crippen molar-refractivity contribution in [1.29, 1.82) is 0 Å². The number of aromatic nitrogens is 3. The standard InChI is InChI=1S/C26H23F2N5/c1-26(2,22-13-14-33(31-22)17-9-7-6-8-10-17)23-16-18(32(4)5)15-21(30-23)19-11-12-20(27)25(29-3)24(19)28/h6-16H,1-2,4-5H3. The molecule has 0 saturated heterocycles. The van der Waals surface area contributed by atoms with E-state index in [4.69, 9.17) is 16.7 Å². The highest BCUT2D eigenvalue weighted by molar-refractivity contribution is 5.71. The van der Waals surface area contributed by atoms with Crippen molar-refractivity contribution in [3.05, 3.63) is 101 Å². The first-order valence-electron chi connectivity index (χ1n) is 10.4. The minimum Gasteiger partial charge on any atom is -0.378 e. The largest absolute Gasteiger partial charge is 0.378 e. The summed E-state index contributed by atoms with van der Waals surface area (Å²) < 4.78 is 30.7. The van der Waals surface area contributed by atoms with Crippen molar-refractivity contribution in [3.8, 4) is 16.9 Å². The van der Waals surface area contributed by atoms with Gasteiger partial charge in [-0.2, -0.15) is 5.10 Å². The Labute approximate surface area is 191 Å². The Bertz CT molecular complexity index is 1350. The van der Waals surface area contributed by atoms with Crippen LogP contribution in [0.2, 0.25) is 0 Å². The Morgan fingerprint density at radius 1 is 0.970 bits per heavy atom. The topological polar surface area (TPSA) is 38.3 Å². The van der Waals surface area contributed by atoms with Crippen molar-refractivity contribution in [2.75, 3.05) is 19.0 Å². The molecule has 0 saturated carbocycles. The van der Waals surface area contributed by atoms with Crippen LogP contribution in [0.3, 0.4) is 0 Å². The van der Waals surface area contributed by atoms with E-state index in [1.54, 1.807) is 10.7 Å². The molecular formula is C26H23F2N5. The van der Waals surface area contributed by atoms with Gasteiger partial charge in [-0.05, 0) is 56.3 Å². The summed E-state index contributed by atoms with van der Waals surface area (Å²) in [4.78, 5) is 9.65. The summed E-state index contributed by atoms with van der Waals surface area (Å²) in [5, 5.41) is 4.76. The molecule has 0 aliphatic heterocycles. The molecule has 0 atom stereocenters. The SMILES string of the molecule is [C-]#[N+]c1c(F)ccc(-c2cc(N(C)C)cc(C(C)(C)c3ccn(-c4ccccc4)n3)n2)c1F. The van der Waals surface area contributed by atoms with E-state index in [-0.39, 0.29) is 5.56 Å². The third-order valence-electron chi connectivity index (χ3n) is 5.67. The van der Waals surface area contributed by atoms with Crippen molar-refractivity contribution >= 4 is 11.4 Å². The molecule has 2 aromatic heterocycles. The molecule has 2 aromatic carbocycles. The van der Waals surface area contributed by atoms with Crippen LogP contribution in [0.25, 0.3) is 21.8 Å². The summed E-state index contributed by atoms with van der Waals surface area (Å²) in [7, 11) is 3.76. The van der Waals surface area contributed by atoms with Gasteiger partial charge in [-0.15, -0.1) is 0 Å². The van der Waals surface area contributed by atoms with Crippen LogP contribution in [-0.2, 0) is 5.41 Å². The van der Waals surface area contributed by atoms with E-state index >= 15 is 0 Å². The highest BCUT2D eigenvalue weighted by Crippen LogP contribution is 2.36. The summed E-state index contributed by atoms with van der Waals surface area (Å²) in [6.07, 6.45) is 1.89. The number of hydrogen-bond donors (Lipinski definition) is 0. The average molecular weight is 444 g/mol. The normalized spacial score (nSPS) is 11.3. The second-order valence-electron chi connectivity index (χ2n) is 8.47. The number of hydrogen-bond acceptors (Lipinski definition) is 3. The molecule has 0 N–H and O–H groups in total. The summed E-state index contributed by atoms with van der Waals surface area (Å²) in [5.74, 6) is -1.80. The highest BCUT2D eigenvalue weighted by Gasteiger charge is 2.29. The van der Waals surface area contributed by atoms with Crippen LogP contribution in [0.5, 0.6) is 0 Å². The number of pyridine rings is 1. The molecule has 0 aliphatic carbocycles. The van der Waals surface area contributed by atoms with Crippen LogP contribution in [0.1, 0.15) is 25.2 Å². The Kier molecular flexibility index (Phi) is 5.69. The Balaban J connectivity index is 1.84. The first-order valence-corrected chi connectivity index (χ1v) is 10.4. The predicted octanol–water partition coefficient (Wildman–Crippen LogP) is 6.16. The number of anilines is 1. The Morgan fingerprint density at radius 2 is 1.70 bits per heavy atom. The number of halogens is 2. The van der Waals surface area contributed by atoms with Crippen LogP contribution in [0.15, 0.2) is 66.9 Å². The molecule has 0 bridgehead atoms. The molecule has 4 aromatic rings. The number of rotatable bonds is 5. The lowest BCUT2D eigenvalue weighted by atomic mass is 9.84. The monoisotopic (exact) mass is 443 g/mol. The zero-order valence-electron chi connectivity index (χ0n) is 18.8. The maximum Gasteiger partial charge on any atom is 0.257 e. The third-order valence-corrected chi connectivity index (χ3v) is 5.67. The average Bonchev–Trinajstić information content (AvgIpc) is 3.31. The van der Waals surface area contributed by atoms with Crippen LogP contribution < -0.4 is 4.90 Å². The number of nitrogens with zero attached hydrogens (tertiary/aromatic N) is 5. The van der Waals surface area contributed by atoms with Gasteiger partial charge < -0.3 is 4.90 Å². The lowest BCUT2D eigenvalue weighted by Gasteiger charge is -2.25. The minimum absolute atomic E-state index is 0.0814. The molecule has 0 radical (unpaired) electrons. The second-order valence-corrected chi connectivity index (χ2v) is 8.47. The molecule has 7 heteroatoms. The molecule has 0 amide bonds. The lowest BCUT2D eigenvalue weighted by Crippen LogP contribution is -2.23. The predicted molar refractivity (Wildman–Crippen MR) is 126 cm³/mol. The fraction of sp³-hybridized carbons (Fsp3) is 0.192. The molecule has 33 heavy (non-hydrogen) atoms. The first kappa shape index (κ1) is 22.2. The number of para-hydroxylation sites is 1. The van der Waals surface area contributed by atoms with Crippen LogP contribution in [-0.4, -0.2) is 28.9 Å². The van der Waals surface area contributed by atoms with E-state index in [1.165, 1.54) is 6.07 Å². The molecule has 5 nitrogen and oxygen atoms in total. The molecule has 0 unspecified atom stereocenters. The van der Waals surface area contributed by atoms with Gasteiger partial charge in [0.25, 0.3) is 5.69 Å². The zero-order valence-corrected chi connectivity index (χ0v) is 18.8. The maximum absolute atomic E-state index is 15.0. The molecular weight excluding hydrogens is 420 g/mol. The van der Waals surface area contributed by atoms with E-state index in [0.29, 0.717) is 11.4 Å². The van der Waals surface area contributed by atoms with Gasteiger partial charge >= 0.3 is 0 Å². The summed E-state index contributed by atoms with van der Waals surface area (Å²) in [6, 6.07) is 17.8. The molecule has 0 aliphatic rings. The van der Waals surface area contributed by atoms with Gasteiger partial charge in [-0.3, -0.25) is 4.98 Å². The lowest BCUT2D eigenvalue weighted by molar-refractivity contribution is 0.583. The van der Waals surface area contributed by atoms with Gasteiger partial charge in [0.05, 0.1) is 34.8 Å². The second kappa shape index (κ2) is 8.47. The molecule has 0 fully saturated rings. The smallest absolute Gasteiger partial charge is 0.257 e. The van der Waals surface area contributed by atoms with E-state index in [1.807, 2.05) is 81.5 Å². The molecule has 2 heterocycles. The summed E-state index contributed by atoms with van der Waals surface area (Å²) in [5.41, 5.74) is 2.38. The fourth-order valence-electron chi connectivity index (χ4n) is 3.59. The van der Waals surface area contributed by atoms with Crippen molar-refractivity contribution in [2.24, 2.45) is 0 Å². The van der Waals surface area contributed by atoms with Crippen molar-refractivity contribution in [1.82, 2.24) is 14.8 Å².